The van der Waals surface area contributed by atoms with Crippen molar-refractivity contribution < 1.29 is 5.11 Å². The van der Waals surface area contributed by atoms with Crippen LogP contribution in [0.4, 0.5) is 0 Å². The third kappa shape index (κ3) is 2.07. The lowest BCUT2D eigenvalue weighted by atomic mass is 9.45. The summed E-state index contributed by atoms with van der Waals surface area (Å²) in [4.78, 5) is 0. The molecule has 0 aliphatic heterocycles. The molecule has 1 N–H and O–H groups in total. The van der Waals surface area contributed by atoms with Crippen molar-refractivity contribution in [2.24, 2.45) is 28.1 Å². The highest BCUT2D eigenvalue weighted by molar-refractivity contribution is 5.29. The molecule has 0 radical (unpaired) electrons. The predicted octanol–water partition coefficient (Wildman–Crippen LogP) is 5.11. The highest BCUT2D eigenvalue weighted by atomic mass is 16.3. The van der Waals surface area contributed by atoms with Crippen LogP contribution >= 0.6 is 0 Å². The number of aliphatic hydroxyl groups excluding tert-OH is 1. The van der Waals surface area contributed by atoms with Crippen LogP contribution in [0.3, 0.4) is 0 Å². The molecule has 2 fully saturated rings. The lowest BCUT2D eigenvalue weighted by molar-refractivity contribution is -0.0681. The van der Waals surface area contributed by atoms with E-state index in [0.717, 1.165) is 18.8 Å². The van der Waals surface area contributed by atoms with E-state index in [9.17, 15) is 5.11 Å². The Labute approximate surface area is 130 Å². The lowest BCUT2D eigenvalue weighted by Gasteiger charge is -2.60. The predicted molar refractivity (Wildman–Crippen MR) is 89.0 cm³/mol. The fourth-order valence-electron chi connectivity index (χ4n) is 5.93. The molecule has 0 bridgehead atoms. The summed E-state index contributed by atoms with van der Waals surface area (Å²) in [5.74, 6) is 1.35. The number of hydrogen-bond acceptors (Lipinski definition) is 1. The molecular formula is C20H32O. The Hall–Kier alpha value is -0.560. The summed E-state index contributed by atoms with van der Waals surface area (Å²) >= 11 is 0. The zero-order chi connectivity index (χ0) is 15.5. The molecule has 0 heterocycles. The molecule has 5 atom stereocenters. The van der Waals surface area contributed by atoms with Crippen molar-refractivity contribution in [3.05, 3.63) is 24.3 Å². The maximum atomic E-state index is 10.9. The van der Waals surface area contributed by atoms with E-state index in [4.69, 9.17) is 0 Å². The summed E-state index contributed by atoms with van der Waals surface area (Å²) in [6.45, 7) is 13.6. The van der Waals surface area contributed by atoms with Gasteiger partial charge in [-0.3, -0.25) is 0 Å². The Morgan fingerprint density at radius 3 is 2.57 bits per heavy atom. The minimum absolute atomic E-state index is 0.129. The maximum Gasteiger partial charge on any atom is 0.0840 e. The van der Waals surface area contributed by atoms with Gasteiger partial charge in [-0.25, -0.2) is 0 Å². The summed E-state index contributed by atoms with van der Waals surface area (Å²) in [6.07, 6.45) is 11.5. The summed E-state index contributed by atoms with van der Waals surface area (Å²) < 4.78 is 0. The first-order valence-electron chi connectivity index (χ1n) is 8.76. The van der Waals surface area contributed by atoms with Crippen molar-refractivity contribution in [2.45, 2.75) is 72.3 Å². The van der Waals surface area contributed by atoms with E-state index in [0.29, 0.717) is 16.7 Å². The maximum absolute atomic E-state index is 10.9. The molecule has 0 saturated heterocycles. The first-order valence-corrected chi connectivity index (χ1v) is 8.76. The van der Waals surface area contributed by atoms with Crippen LogP contribution in [0.1, 0.15) is 66.2 Å². The average Bonchev–Trinajstić information content (AvgIpc) is 2.42. The quantitative estimate of drug-likeness (QED) is 0.665. The van der Waals surface area contributed by atoms with Gasteiger partial charge in [-0.1, -0.05) is 46.3 Å². The number of fused-ring (bicyclic) bond motifs is 3. The average molecular weight is 288 g/mol. The van der Waals surface area contributed by atoms with E-state index in [2.05, 4.69) is 40.3 Å². The van der Waals surface area contributed by atoms with Crippen molar-refractivity contribution in [3.8, 4) is 0 Å². The normalized spacial score (nSPS) is 48.8. The molecule has 0 aromatic heterocycles. The van der Waals surface area contributed by atoms with Crippen LogP contribution in [-0.4, -0.2) is 11.2 Å². The first-order chi connectivity index (χ1) is 9.74. The lowest BCUT2D eigenvalue weighted by Crippen LogP contribution is -2.53. The minimum Gasteiger partial charge on any atom is -0.388 e. The molecule has 1 nitrogen and oxygen atoms in total. The molecule has 1 heteroatoms. The molecule has 3 rings (SSSR count). The van der Waals surface area contributed by atoms with Gasteiger partial charge in [-0.15, -0.1) is 6.58 Å². The van der Waals surface area contributed by atoms with E-state index in [1.165, 1.54) is 31.3 Å². The second kappa shape index (κ2) is 4.72. The summed E-state index contributed by atoms with van der Waals surface area (Å²) in [7, 11) is 0. The van der Waals surface area contributed by atoms with Gasteiger partial charge in [0.25, 0.3) is 0 Å². The van der Waals surface area contributed by atoms with Gasteiger partial charge in [0, 0.05) is 5.41 Å². The van der Waals surface area contributed by atoms with E-state index >= 15 is 0 Å². The van der Waals surface area contributed by atoms with Crippen molar-refractivity contribution in [1.29, 1.82) is 0 Å². The van der Waals surface area contributed by atoms with Gasteiger partial charge >= 0.3 is 0 Å². The SMILES string of the molecule is C=C[C@]1(C)CC[C@H]2C(=CC[C@H]3C(C)(C)CCC[C@]23C)[C@H]1O. The molecule has 0 spiro atoms. The zero-order valence-electron chi connectivity index (χ0n) is 14.3. The van der Waals surface area contributed by atoms with Crippen LogP contribution in [-0.2, 0) is 0 Å². The van der Waals surface area contributed by atoms with E-state index in [-0.39, 0.29) is 11.5 Å². The van der Waals surface area contributed by atoms with Crippen molar-refractivity contribution in [3.63, 3.8) is 0 Å². The number of allylic oxidation sites excluding steroid dienone is 1. The largest absolute Gasteiger partial charge is 0.388 e. The van der Waals surface area contributed by atoms with Crippen LogP contribution in [0.25, 0.3) is 0 Å². The summed E-state index contributed by atoms with van der Waals surface area (Å²) in [5.41, 5.74) is 2.03. The van der Waals surface area contributed by atoms with Crippen LogP contribution in [0.2, 0.25) is 0 Å². The fourth-order valence-corrected chi connectivity index (χ4v) is 5.93. The second-order valence-electron chi connectivity index (χ2n) is 9.04. The Morgan fingerprint density at radius 1 is 1.19 bits per heavy atom. The molecule has 0 aromatic rings. The highest BCUT2D eigenvalue weighted by Crippen LogP contribution is 2.63. The minimum atomic E-state index is -0.323. The summed E-state index contributed by atoms with van der Waals surface area (Å²) in [5, 5.41) is 10.9. The van der Waals surface area contributed by atoms with Gasteiger partial charge < -0.3 is 5.11 Å². The Kier molecular flexibility index (Phi) is 3.44. The monoisotopic (exact) mass is 288 g/mol. The van der Waals surface area contributed by atoms with Gasteiger partial charge in [-0.05, 0) is 60.3 Å². The fraction of sp³-hybridized carbons (Fsp3) is 0.800. The molecule has 21 heavy (non-hydrogen) atoms. The van der Waals surface area contributed by atoms with Crippen molar-refractivity contribution in [1.82, 2.24) is 0 Å². The molecule has 0 unspecified atom stereocenters. The Morgan fingerprint density at radius 2 is 1.90 bits per heavy atom. The molecular weight excluding hydrogens is 256 g/mol. The van der Waals surface area contributed by atoms with E-state index in [1.54, 1.807) is 0 Å². The summed E-state index contributed by atoms with van der Waals surface area (Å²) in [6, 6.07) is 0. The molecule has 0 aromatic carbocycles. The Bertz CT molecular complexity index is 474. The van der Waals surface area contributed by atoms with E-state index in [1.807, 2.05) is 6.08 Å². The van der Waals surface area contributed by atoms with Crippen LogP contribution in [0, 0.1) is 28.1 Å². The van der Waals surface area contributed by atoms with Crippen LogP contribution < -0.4 is 0 Å². The number of rotatable bonds is 1. The van der Waals surface area contributed by atoms with Gasteiger partial charge in [0.05, 0.1) is 6.10 Å². The van der Waals surface area contributed by atoms with Gasteiger partial charge in [-0.2, -0.15) is 0 Å². The first kappa shape index (κ1) is 15.3. The van der Waals surface area contributed by atoms with E-state index < -0.39 is 0 Å². The standard InChI is InChI=1S/C20H32O/c1-6-19(4)13-10-15-14(17(19)21)8-9-16-18(2,3)11-7-12-20(15,16)5/h6,8,15-17,21H,1,7,9-13H2,2-5H3/t15-,16-,17+,19+,20+/m0/s1. The zero-order valence-corrected chi connectivity index (χ0v) is 14.3. The third-order valence-electron chi connectivity index (χ3n) is 7.44. The topological polar surface area (TPSA) is 20.2 Å². The molecule has 118 valence electrons. The highest BCUT2D eigenvalue weighted by Gasteiger charge is 2.56. The molecule has 0 amide bonds. The number of aliphatic hydroxyl groups is 1. The molecule has 2 saturated carbocycles. The number of hydrogen-bond donors (Lipinski definition) is 1. The van der Waals surface area contributed by atoms with Crippen LogP contribution in [0.15, 0.2) is 24.3 Å². The van der Waals surface area contributed by atoms with Gasteiger partial charge in [0.15, 0.2) is 0 Å². The van der Waals surface area contributed by atoms with Gasteiger partial charge in [0.2, 0.25) is 0 Å². The second-order valence-corrected chi connectivity index (χ2v) is 9.04. The smallest absolute Gasteiger partial charge is 0.0840 e. The molecule has 3 aliphatic carbocycles. The third-order valence-corrected chi connectivity index (χ3v) is 7.44. The Balaban J connectivity index is 2.00. The van der Waals surface area contributed by atoms with Gasteiger partial charge in [0.1, 0.15) is 0 Å². The van der Waals surface area contributed by atoms with Crippen molar-refractivity contribution in [2.75, 3.05) is 0 Å². The molecule has 3 aliphatic rings. The van der Waals surface area contributed by atoms with Crippen LogP contribution in [0.5, 0.6) is 0 Å². The van der Waals surface area contributed by atoms with Crippen molar-refractivity contribution >= 4 is 0 Å².